The Morgan fingerprint density at radius 3 is 2.40 bits per heavy atom. The second-order valence-corrected chi connectivity index (χ2v) is 13.1. The molecule has 1 aromatic heterocycles. The molecule has 2 saturated heterocycles. The number of hydrogen-bond donors (Lipinski definition) is 2. The number of benzene rings is 3. The van der Waals surface area contributed by atoms with E-state index in [9.17, 15) is 18.0 Å². The van der Waals surface area contributed by atoms with E-state index in [0.717, 1.165) is 16.7 Å². The van der Waals surface area contributed by atoms with E-state index in [1.807, 2.05) is 60.7 Å². The second-order valence-electron chi connectivity index (χ2n) is 10.8. The van der Waals surface area contributed by atoms with Crippen LogP contribution in [0.15, 0.2) is 78.9 Å². The molecule has 0 radical (unpaired) electrons. The van der Waals surface area contributed by atoms with Crippen LogP contribution >= 0.6 is 0 Å². The summed E-state index contributed by atoms with van der Waals surface area (Å²) >= 11 is 0. The molecule has 2 aliphatic heterocycles. The Morgan fingerprint density at radius 2 is 1.65 bits per heavy atom. The van der Waals surface area contributed by atoms with Crippen LogP contribution in [0.3, 0.4) is 0 Å². The van der Waals surface area contributed by atoms with Crippen LogP contribution in [0.5, 0.6) is 0 Å². The molecule has 6 rings (SSSR count). The minimum atomic E-state index is -2.93. The molecule has 2 fully saturated rings. The smallest absolute Gasteiger partial charge is 0.410 e. The number of aromatic amines is 1. The zero-order valence-corrected chi connectivity index (χ0v) is 24.3. The second kappa shape index (κ2) is 12.4. The first-order valence-electron chi connectivity index (χ1n) is 14.1. The van der Waals surface area contributed by atoms with E-state index >= 15 is 0 Å². The van der Waals surface area contributed by atoms with E-state index in [2.05, 4.69) is 25.4 Å². The van der Waals surface area contributed by atoms with Crippen molar-refractivity contribution in [2.24, 2.45) is 0 Å². The fraction of sp³-hybridized carbons (Fsp3) is 0.290. The third-order valence-electron chi connectivity index (χ3n) is 7.67. The Balaban J connectivity index is 0.992. The molecular weight excluding hydrogens is 568 g/mol. The van der Waals surface area contributed by atoms with Gasteiger partial charge in [0.05, 0.1) is 17.4 Å². The maximum atomic E-state index is 12.9. The number of carbonyl (C=O) groups is 2. The molecule has 0 aliphatic carbocycles. The van der Waals surface area contributed by atoms with E-state index < -0.39 is 9.84 Å². The summed E-state index contributed by atoms with van der Waals surface area (Å²) in [6.45, 7) is 2.86. The SMILES string of the molecule is O=C(Nc1ccc(-c2n[nH]c(C3CN(C(=O)OCc4ccccc4)C3)n2)cc1)c1cccc(CN2CCS(=O)(=O)CC2)c1. The van der Waals surface area contributed by atoms with Gasteiger partial charge in [-0.25, -0.2) is 18.2 Å². The Kier molecular flexibility index (Phi) is 8.21. The number of aromatic nitrogens is 3. The molecule has 0 unspecified atom stereocenters. The van der Waals surface area contributed by atoms with Crippen LogP contribution in [-0.2, 0) is 27.7 Å². The number of likely N-dealkylation sites (tertiary alicyclic amines) is 1. The maximum absolute atomic E-state index is 12.9. The molecule has 0 bridgehead atoms. The number of sulfone groups is 1. The lowest BCUT2D eigenvalue weighted by molar-refractivity contribution is 0.0650. The van der Waals surface area contributed by atoms with Crippen molar-refractivity contribution in [2.75, 3.05) is 43.0 Å². The van der Waals surface area contributed by atoms with Gasteiger partial charge in [-0.2, -0.15) is 5.10 Å². The van der Waals surface area contributed by atoms with Gasteiger partial charge in [0, 0.05) is 49.5 Å². The lowest BCUT2D eigenvalue weighted by Crippen LogP contribution is -2.49. The lowest BCUT2D eigenvalue weighted by Gasteiger charge is -2.36. The van der Waals surface area contributed by atoms with Crippen LogP contribution in [0, 0.1) is 0 Å². The number of H-pyrrole nitrogens is 1. The first-order chi connectivity index (χ1) is 20.8. The Labute approximate surface area is 249 Å². The molecule has 2 amide bonds. The fourth-order valence-corrected chi connectivity index (χ4v) is 6.36. The van der Waals surface area contributed by atoms with Crippen LogP contribution in [0.4, 0.5) is 10.5 Å². The highest BCUT2D eigenvalue weighted by molar-refractivity contribution is 7.91. The molecule has 0 atom stereocenters. The van der Waals surface area contributed by atoms with E-state index in [1.165, 1.54) is 0 Å². The monoisotopic (exact) mass is 600 g/mol. The molecule has 0 saturated carbocycles. The van der Waals surface area contributed by atoms with Gasteiger partial charge in [-0.1, -0.05) is 42.5 Å². The molecular formula is C31H32N6O5S. The Bertz CT molecular complexity index is 1690. The van der Waals surface area contributed by atoms with E-state index in [0.29, 0.717) is 55.6 Å². The first-order valence-corrected chi connectivity index (χ1v) is 15.9. The van der Waals surface area contributed by atoms with Gasteiger partial charge in [-0.05, 0) is 47.5 Å². The number of anilines is 1. The number of rotatable bonds is 8. The van der Waals surface area contributed by atoms with Crippen molar-refractivity contribution in [3.05, 3.63) is 101 Å². The molecule has 2 aliphatic rings. The maximum Gasteiger partial charge on any atom is 0.410 e. The molecule has 0 spiro atoms. The summed E-state index contributed by atoms with van der Waals surface area (Å²) in [5.41, 5.74) is 3.87. The third kappa shape index (κ3) is 7.09. The third-order valence-corrected chi connectivity index (χ3v) is 9.28. The minimum absolute atomic E-state index is 0.0582. The van der Waals surface area contributed by atoms with Crippen molar-refractivity contribution in [3.63, 3.8) is 0 Å². The number of nitrogens with one attached hydrogen (secondary N) is 2. The Hall–Kier alpha value is -4.55. The standard InChI is InChI=1S/C31H32N6O5S/c38-30(25-8-4-7-23(17-25)18-36-13-15-43(40,41)16-14-36)32-27-11-9-24(10-12-27)28-33-29(35-34-28)26-19-37(20-26)31(39)42-21-22-5-2-1-3-6-22/h1-12,17,26H,13-16,18-21H2,(H,32,38)(H,33,34,35). The molecule has 43 heavy (non-hydrogen) atoms. The van der Waals surface area contributed by atoms with Gasteiger partial charge in [-0.3, -0.25) is 14.8 Å². The van der Waals surface area contributed by atoms with Crippen LogP contribution < -0.4 is 5.32 Å². The van der Waals surface area contributed by atoms with Crippen LogP contribution in [0.1, 0.15) is 33.2 Å². The van der Waals surface area contributed by atoms with Gasteiger partial charge in [0.15, 0.2) is 15.7 Å². The van der Waals surface area contributed by atoms with Crippen molar-refractivity contribution in [1.82, 2.24) is 25.0 Å². The number of carbonyl (C=O) groups excluding carboxylic acids is 2. The Morgan fingerprint density at radius 1 is 0.930 bits per heavy atom. The van der Waals surface area contributed by atoms with Gasteiger partial charge >= 0.3 is 6.09 Å². The lowest BCUT2D eigenvalue weighted by atomic mass is 10.0. The van der Waals surface area contributed by atoms with E-state index in [4.69, 9.17) is 4.74 Å². The highest BCUT2D eigenvalue weighted by atomic mass is 32.2. The number of hydrogen-bond acceptors (Lipinski definition) is 8. The largest absolute Gasteiger partial charge is 0.445 e. The highest BCUT2D eigenvalue weighted by Crippen LogP contribution is 2.27. The van der Waals surface area contributed by atoms with Crippen LogP contribution in [0.25, 0.3) is 11.4 Å². The molecule has 4 aromatic rings. The fourth-order valence-electron chi connectivity index (χ4n) is 5.08. The van der Waals surface area contributed by atoms with Gasteiger partial charge in [-0.15, -0.1) is 0 Å². The summed E-state index contributed by atoms with van der Waals surface area (Å²) in [5, 5.41) is 10.3. The molecule has 3 heterocycles. The molecule has 3 aromatic carbocycles. The van der Waals surface area contributed by atoms with Gasteiger partial charge in [0.25, 0.3) is 5.91 Å². The normalized spacial score (nSPS) is 16.8. The predicted molar refractivity (Wildman–Crippen MR) is 161 cm³/mol. The van der Waals surface area contributed by atoms with Gasteiger partial charge in [0.1, 0.15) is 12.4 Å². The summed E-state index contributed by atoms with van der Waals surface area (Å²) in [6, 6.07) is 24.2. The van der Waals surface area contributed by atoms with Gasteiger partial charge in [0.2, 0.25) is 0 Å². The summed E-state index contributed by atoms with van der Waals surface area (Å²) in [7, 11) is -2.93. The van der Waals surface area contributed by atoms with Crippen molar-refractivity contribution >= 4 is 27.5 Å². The summed E-state index contributed by atoms with van der Waals surface area (Å²) in [6.07, 6.45) is -0.344. The number of nitrogens with zero attached hydrogens (tertiary/aromatic N) is 4. The van der Waals surface area contributed by atoms with Crippen molar-refractivity contribution < 1.29 is 22.7 Å². The molecule has 12 heteroatoms. The van der Waals surface area contributed by atoms with Crippen molar-refractivity contribution in [3.8, 4) is 11.4 Å². The highest BCUT2D eigenvalue weighted by Gasteiger charge is 2.35. The zero-order valence-electron chi connectivity index (χ0n) is 23.5. The summed E-state index contributed by atoms with van der Waals surface area (Å²) in [4.78, 5) is 33.6. The van der Waals surface area contributed by atoms with Crippen LogP contribution in [-0.4, -0.2) is 83.1 Å². The predicted octanol–water partition coefficient (Wildman–Crippen LogP) is 3.69. The van der Waals surface area contributed by atoms with Crippen molar-refractivity contribution in [2.45, 2.75) is 19.1 Å². The summed E-state index contributed by atoms with van der Waals surface area (Å²) < 4.78 is 28.8. The molecule has 222 valence electrons. The number of amides is 2. The van der Waals surface area contributed by atoms with Crippen LogP contribution in [0.2, 0.25) is 0 Å². The van der Waals surface area contributed by atoms with Crippen molar-refractivity contribution in [1.29, 1.82) is 0 Å². The van der Waals surface area contributed by atoms with E-state index in [-0.39, 0.29) is 36.0 Å². The quantitative estimate of drug-likeness (QED) is 0.312. The average Bonchev–Trinajstić information content (AvgIpc) is 3.47. The van der Waals surface area contributed by atoms with Gasteiger partial charge < -0.3 is 15.0 Å². The average molecular weight is 601 g/mol. The number of ether oxygens (including phenoxy) is 1. The van der Waals surface area contributed by atoms with E-state index in [1.54, 1.807) is 23.1 Å². The first kappa shape index (κ1) is 28.6. The zero-order chi connectivity index (χ0) is 29.8. The minimum Gasteiger partial charge on any atom is -0.445 e. The molecule has 11 nitrogen and oxygen atoms in total. The topological polar surface area (TPSA) is 138 Å². The molecule has 2 N–H and O–H groups in total. The summed E-state index contributed by atoms with van der Waals surface area (Å²) in [5.74, 6) is 1.42.